The van der Waals surface area contributed by atoms with Gasteiger partial charge < -0.3 is 5.32 Å². The van der Waals surface area contributed by atoms with E-state index < -0.39 is 10.0 Å². The van der Waals surface area contributed by atoms with Crippen LogP contribution in [0.3, 0.4) is 0 Å². The summed E-state index contributed by atoms with van der Waals surface area (Å²) in [5.74, 6) is 0. The second-order valence-corrected chi connectivity index (χ2v) is 7.45. The molecule has 1 aliphatic carbocycles. The van der Waals surface area contributed by atoms with Gasteiger partial charge in [0.1, 0.15) is 0 Å². The van der Waals surface area contributed by atoms with Crippen LogP contribution in [0.5, 0.6) is 0 Å². The fraction of sp³-hybridized carbons (Fsp3) is 0.500. The Balaban J connectivity index is 1.89. The van der Waals surface area contributed by atoms with Crippen LogP contribution in [-0.2, 0) is 10.0 Å². The van der Waals surface area contributed by atoms with Crippen LogP contribution in [-0.4, -0.2) is 21.0 Å². The highest BCUT2D eigenvalue weighted by Crippen LogP contribution is 2.21. The second kappa shape index (κ2) is 7.09. The van der Waals surface area contributed by atoms with Gasteiger partial charge in [-0.2, -0.15) is 0 Å². The Morgan fingerprint density at radius 3 is 2.48 bits per heavy atom. The summed E-state index contributed by atoms with van der Waals surface area (Å²) in [7, 11) is -3.40. The van der Waals surface area contributed by atoms with Crippen molar-refractivity contribution in [2.24, 2.45) is 0 Å². The molecule has 1 aliphatic rings. The Bertz CT molecular complexity index is 589. The van der Waals surface area contributed by atoms with Gasteiger partial charge in [0, 0.05) is 18.3 Å². The van der Waals surface area contributed by atoms with Gasteiger partial charge in [-0.15, -0.1) is 0 Å². The van der Waals surface area contributed by atoms with Crippen molar-refractivity contribution in [3.63, 3.8) is 0 Å². The molecule has 4 nitrogen and oxygen atoms in total. The second-order valence-electron chi connectivity index (χ2n) is 5.73. The van der Waals surface area contributed by atoms with Crippen LogP contribution >= 0.6 is 0 Å². The molecule has 0 unspecified atom stereocenters. The third kappa shape index (κ3) is 4.86. The van der Waals surface area contributed by atoms with E-state index in [1.807, 2.05) is 26.0 Å². The first-order valence-electron chi connectivity index (χ1n) is 7.51. The van der Waals surface area contributed by atoms with Crippen molar-refractivity contribution >= 4 is 15.7 Å². The van der Waals surface area contributed by atoms with Gasteiger partial charge in [-0.3, -0.25) is 0 Å². The van der Waals surface area contributed by atoms with Gasteiger partial charge in [0.15, 0.2) is 0 Å². The Hall–Kier alpha value is -1.33. The van der Waals surface area contributed by atoms with Crippen LogP contribution in [0, 0.1) is 0 Å². The maximum atomic E-state index is 12.0. The van der Waals surface area contributed by atoms with E-state index in [9.17, 15) is 8.42 Å². The number of rotatable bonds is 7. The summed E-state index contributed by atoms with van der Waals surface area (Å²) in [6.07, 6.45) is 7.11. The minimum Gasteiger partial charge on any atom is -0.385 e. The number of benzene rings is 1. The number of nitrogens with one attached hydrogen (secondary N) is 2. The van der Waals surface area contributed by atoms with Crippen molar-refractivity contribution in [2.75, 3.05) is 11.9 Å². The minimum absolute atomic E-state index is 0.104. The van der Waals surface area contributed by atoms with Crippen molar-refractivity contribution in [1.29, 1.82) is 0 Å². The zero-order valence-electron chi connectivity index (χ0n) is 12.7. The van der Waals surface area contributed by atoms with E-state index in [0.717, 1.165) is 18.7 Å². The van der Waals surface area contributed by atoms with Crippen molar-refractivity contribution < 1.29 is 8.42 Å². The van der Waals surface area contributed by atoms with Crippen molar-refractivity contribution in [2.45, 2.75) is 50.5 Å². The Morgan fingerprint density at radius 1 is 1.19 bits per heavy atom. The lowest BCUT2D eigenvalue weighted by Gasteiger charge is -2.11. The van der Waals surface area contributed by atoms with Gasteiger partial charge in [0.2, 0.25) is 10.0 Å². The molecule has 1 aromatic rings. The molecule has 0 heterocycles. The molecular weight excluding hydrogens is 284 g/mol. The SMILES string of the molecule is CC(C)NS(=O)(=O)c1ccc(NCCC2=CCCC2)cc1. The van der Waals surface area contributed by atoms with Gasteiger partial charge >= 0.3 is 0 Å². The summed E-state index contributed by atoms with van der Waals surface area (Å²) in [5, 5.41) is 3.33. The molecule has 2 N–H and O–H groups in total. The maximum Gasteiger partial charge on any atom is 0.240 e. The summed E-state index contributed by atoms with van der Waals surface area (Å²) in [4.78, 5) is 0.306. The Kier molecular flexibility index (Phi) is 5.42. The monoisotopic (exact) mass is 308 g/mol. The van der Waals surface area contributed by atoms with Crippen molar-refractivity contribution in [3.05, 3.63) is 35.9 Å². The van der Waals surface area contributed by atoms with E-state index in [0.29, 0.717) is 4.90 Å². The molecule has 0 aromatic heterocycles. The highest BCUT2D eigenvalue weighted by molar-refractivity contribution is 7.89. The third-order valence-electron chi connectivity index (χ3n) is 3.47. The first-order valence-corrected chi connectivity index (χ1v) is 9.00. The number of allylic oxidation sites excluding steroid dienone is 1. The molecule has 0 saturated heterocycles. The molecule has 0 saturated carbocycles. The largest absolute Gasteiger partial charge is 0.385 e. The van der Waals surface area contributed by atoms with Gasteiger partial charge in [0.25, 0.3) is 0 Å². The highest BCUT2D eigenvalue weighted by Gasteiger charge is 2.14. The summed E-state index contributed by atoms with van der Waals surface area (Å²) < 4.78 is 26.6. The van der Waals surface area contributed by atoms with Gasteiger partial charge in [0.05, 0.1) is 4.90 Å². The smallest absolute Gasteiger partial charge is 0.240 e. The summed E-state index contributed by atoms with van der Waals surface area (Å²) in [6, 6.07) is 6.81. The van der Waals surface area contributed by atoms with Crippen molar-refractivity contribution in [1.82, 2.24) is 4.72 Å². The molecular formula is C16H24N2O2S. The molecule has 2 rings (SSSR count). The Labute approximate surface area is 127 Å². The number of anilines is 1. The molecule has 0 radical (unpaired) electrons. The molecule has 1 aromatic carbocycles. The maximum absolute atomic E-state index is 12.0. The molecule has 0 fully saturated rings. The first-order chi connectivity index (χ1) is 9.97. The molecule has 0 spiro atoms. The fourth-order valence-corrected chi connectivity index (χ4v) is 3.71. The van der Waals surface area contributed by atoms with Crippen LogP contribution in [0.4, 0.5) is 5.69 Å². The zero-order valence-corrected chi connectivity index (χ0v) is 13.5. The quantitative estimate of drug-likeness (QED) is 0.760. The van der Waals surface area contributed by atoms with Crippen LogP contribution in [0.25, 0.3) is 0 Å². The average Bonchev–Trinajstić information content (AvgIpc) is 2.91. The average molecular weight is 308 g/mol. The van der Waals surface area contributed by atoms with E-state index in [1.54, 1.807) is 12.1 Å². The number of sulfonamides is 1. The molecule has 5 heteroatoms. The zero-order chi connectivity index (χ0) is 15.3. The van der Waals surface area contributed by atoms with Crippen LogP contribution < -0.4 is 10.0 Å². The Morgan fingerprint density at radius 2 is 1.90 bits per heavy atom. The van der Waals surface area contributed by atoms with Gasteiger partial charge in [-0.1, -0.05) is 11.6 Å². The minimum atomic E-state index is -3.40. The lowest BCUT2D eigenvalue weighted by atomic mass is 10.1. The summed E-state index contributed by atoms with van der Waals surface area (Å²) in [5.41, 5.74) is 2.49. The van der Waals surface area contributed by atoms with Gasteiger partial charge in [-0.05, 0) is 63.8 Å². The molecule has 0 aliphatic heterocycles. The van der Waals surface area contributed by atoms with E-state index in [4.69, 9.17) is 0 Å². The van der Waals surface area contributed by atoms with Crippen LogP contribution in [0.1, 0.15) is 39.5 Å². The third-order valence-corrected chi connectivity index (χ3v) is 5.14. The lowest BCUT2D eigenvalue weighted by molar-refractivity contribution is 0.570. The van der Waals surface area contributed by atoms with E-state index in [-0.39, 0.29) is 6.04 Å². The number of hydrogen-bond acceptors (Lipinski definition) is 3. The van der Waals surface area contributed by atoms with Gasteiger partial charge in [-0.25, -0.2) is 13.1 Å². The predicted octanol–water partition coefficient (Wildman–Crippen LogP) is 3.29. The molecule has 116 valence electrons. The molecule has 0 atom stereocenters. The normalized spacial score (nSPS) is 15.3. The highest BCUT2D eigenvalue weighted by atomic mass is 32.2. The molecule has 21 heavy (non-hydrogen) atoms. The van der Waals surface area contributed by atoms with E-state index in [1.165, 1.54) is 24.8 Å². The van der Waals surface area contributed by atoms with Crippen molar-refractivity contribution in [3.8, 4) is 0 Å². The standard InChI is InChI=1S/C16H24N2O2S/c1-13(2)18-21(19,20)16-9-7-15(8-10-16)17-12-11-14-5-3-4-6-14/h5,7-10,13,17-18H,3-4,6,11-12H2,1-2H3. The number of hydrogen-bond donors (Lipinski definition) is 2. The predicted molar refractivity (Wildman–Crippen MR) is 86.9 cm³/mol. The molecule has 0 amide bonds. The fourth-order valence-electron chi connectivity index (χ4n) is 2.46. The molecule has 0 bridgehead atoms. The van der Waals surface area contributed by atoms with Crippen LogP contribution in [0.15, 0.2) is 40.8 Å². The summed E-state index contributed by atoms with van der Waals surface area (Å²) >= 11 is 0. The lowest BCUT2D eigenvalue weighted by Crippen LogP contribution is -2.30. The van der Waals surface area contributed by atoms with E-state index in [2.05, 4.69) is 16.1 Å². The van der Waals surface area contributed by atoms with Crippen LogP contribution in [0.2, 0.25) is 0 Å². The topological polar surface area (TPSA) is 58.2 Å². The summed E-state index contributed by atoms with van der Waals surface area (Å²) in [6.45, 7) is 4.51. The first kappa shape index (κ1) is 16.0. The van der Waals surface area contributed by atoms with E-state index >= 15 is 0 Å².